The van der Waals surface area contributed by atoms with Crippen LogP contribution in [0.25, 0.3) is 0 Å². The quantitative estimate of drug-likeness (QED) is 0.827. The number of likely N-dealkylation sites (tertiary alicyclic amines) is 1. The molecule has 3 nitrogen and oxygen atoms in total. The van der Waals surface area contributed by atoms with Crippen molar-refractivity contribution in [2.75, 3.05) is 26.2 Å². The number of rotatable bonds is 6. The molecule has 1 saturated carbocycles. The van der Waals surface area contributed by atoms with Crippen LogP contribution >= 0.6 is 0 Å². The van der Waals surface area contributed by atoms with Gasteiger partial charge in [-0.2, -0.15) is 0 Å². The molecule has 1 aliphatic heterocycles. The van der Waals surface area contributed by atoms with Gasteiger partial charge in [0.1, 0.15) is 0 Å². The third kappa shape index (κ3) is 3.53. The minimum absolute atomic E-state index is 0.856. The lowest BCUT2D eigenvalue weighted by Gasteiger charge is -2.16. The Morgan fingerprint density at radius 1 is 1.33 bits per heavy atom. The Hall–Kier alpha value is -0.930. The lowest BCUT2D eigenvalue weighted by Crippen LogP contribution is -2.28. The summed E-state index contributed by atoms with van der Waals surface area (Å²) in [6, 6.07) is 5.06. The third-order valence-corrected chi connectivity index (χ3v) is 4.08. The number of nitrogens with one attached hydrogen (secondary N) is 1. The first-order valence-electron chi connectivity index (χ1n) is 7.25. The van der Waals surface area contributed by atoms with Crippen molar-refractivity contribution >= 4 is 0 Å². The molecule has 3 rings (SSSR count). The summed E-state index contributed by atoms with van der Waals surface area (Å²) >= 11 is 0. The van der Waals surface area contributed by atoms with Crippen LogP contribution in [0.5, 0.6) is 0 Å². The van der Waals surface area contributed by atoms with E-state index in [2.05, 4.69) is 21.3 Å². The smallest absolute Gasteiger partial charge is 0.0300 e. The van der Waals surface area contributed by atoms with E-state index in [4.69, 9.17) is 0 Å². The normalized spacial score (nSPS) is 24.6. The molecule has 18 heavy (non-hydrogen) atoms. The third-order valence-electron chi connectivity index (χ3n) is 4.08. The summed E-state index contributed by atoms with van der Waals surface area (Å²) in [7, 11) is 0. The predicted molar refractivity (Wildman–Crippen MR) is 73.5 cm³/mol. The number of hydrogen-bond acceptors (Lipinski definition) is 3. The van der Waals surface area contributed by atoms with Crippen LogP contribution in [0.15, 0.2) is 24.5 Å². The molecule has 1 aromatic heterocycles. The highest BCUT2D eigenvalue weighted by atomic mass is 15.1. The molecule has 0 radical (unpaired) electrons. The van der Waals surface area contributed by atoms with E-state index in [0.717, 1.165) is 18.4 Å². The monoisotopic (exact) mass is 245 g/mol. The Morgan fingerprint density at radius 3 is 3.06 bits per heavy atom. The van der Waals surface area contributed by atoms with Crippen molar-refractivity contribution in [3.05, 3.63) is 30.1 Å². The zero-order valence-electron chi connectivity index (χ0n) is 11.0. The lowest BCUT2D eigenvalue weighted by molar-refractivity contribution is 0.325. The number of nitrogens with zero attached hydrogens (tertiary/aromatic N) is 2. The summed E-state index contributed by atoms with van der Waals surface area (Å²) in [5.41, 5.74) is 1.36. The first-order chi connectivity index (χ1) is 8.90. The van der Waals surface area contributed by atoms with Crippen LogP contribution < -0.4 is 5.32 Å². The molecule has 1 N–H and O–H groups in total. The average Bonchev–Trinajstić information content (AvgIpc) is 3.14. The minimum Gasteiger partial charge on any atom is -0.314 e. The second-order valence-corrected chi connectivity index (χ2v) is 5.75. The van der Waals surface area contributed by atoms with Crippen molar-refractivity contribution in [3.63, 3.8) is 0 Å². The van der Waals surface area contributed by atoms with Crippen molar-refractivity contribution in [1.29, 1.82) is 0 Å². The molecule has 0 bridgehead atoms. The molecule has 1 atom stereocenters. The van der Waals surface area contributed by atoms with E-state index in [9.17, 15) is 0 Å². The van der Waals surface area contributed by atoms with Crippen molar-refractivity contribution < 1.29 is 0 Å². The summed E-state index contributed by atoms with van der Waals surface area (Å²) in [5.74, 6) is 0.875. The van der Waals surface area contributed by atoms with Gasteiger partial charge >= 0.3 is 0 Å². The fraction of sp³-hybridized carbons (Fsp3) is 0.667. The SMILES string of the molecule is c1cncc(CCN2CCC(CNC3CC3)C2)c1. The summed E-state index contributed by atoms with van der Waals surface area (Å²) in [6.45, 7) is 4.97. The minimum atomic E-state index is 0.856. The zero-order valence-corrected chi connectivity index (χ0v) is 11.0. The lowest BCUT2D eigenvalue weighted by atomic mass is 10.1. The van der Waals surface area contributed by atoms with Gasteiger partial charge in [0.15, 0.2) is 0 Å². The van der Waals surface area contributed by atoms with Gasteiger partial charge in [-0.15, -0.1) is 0 Å². The molecule has 0 aromatic carbocycles. The van der Waals surface area contributed by atoms with Gasteiger partial charge in [-0.05, 0) is 56.3 Å². The molecule has 3 heteroatoms. The second kappa shape index (κ2) is 5.81. The molecule has 2 fully saturated rings. The van der Waals surface area contributed by atoms with Crippen LogP contribution in [0, 0.1) is 5.92 Å². The molecule has 2 heterocycles. The molecule has 1 aliphatic carbocycles. The Balaban J connectivity index is 1.36. The molecule has 1 unspecified atom stereocenters. The van der Waals surface area contributed by atoms with Crippen LogP contribution in [0.4, 0.5) is 0 Å². The van der Waals surface area contributed by atoms with Crippen molar-refractivity contribution in [3.8, 4) is 0 Å². The fourth-order valence-electron chi connectivity index (χ4n) is 2.74. The van der Waals surface area contributed by atoms with Crippen molar-refractivity contribution in [2.45, 2.75) is 31.7 Å². The van der Waals surface area contributed by atoms with Gasteiger partial charge in [0, 0.05) is 31.5 Å². The number of hydrogen-bond donors (Lipinski definition) is 1. The van der Waals surface area contributed by atoms with E-state index in [1.165, 1.54) is 51.0 Å². The Kier molecular flexibility index (Phi) is 3.91. The Labute approximate surface area is 110 Å². The molecule has 0 spiro atoms. The van der Waals surface area contributed by atoms with E-state index in [-0.39, 0.29) is 0 Å². The predicted octanol–water partition coefficient (Wildman–Crippen LogP) is 1.70. The number of aromatic nitrogens is 1. The zero-order chi connectivity index (χ0) is 12.2. The molecule has 0 amide bonds. The van der Waals surface area contributed by atoms with Gasteiger partial charge in [-0.25, -0.2) is 0 Å². The summed E-state index contributed by atoms with van der Waals surface area (Å²) in [6.07, 6.45) is 9.14. The van der Waals surface area contributed by atoms with Gasteiger partial charge < -0.3 is 10.2 Å². The Bertz CT molecular complexity index is 361. The number of pyridine rings is 1. The summed E-state index contributed by atoms with van der Waals surface area (Å²) < 4.78 is 0. The first-order valence-corrected chi connectivity index (χ1v) is 7.25. The Morgan fingerprint density at radius 2 is 2.28 bits per heavy atom. The highest BCUT2D eigenvalue weighted by molar-refractivity contribution is 5.08. The van der Waals surface area contributed by atoms with Crippen molar-refractivity contribution in [1.82, 2.24) is 15.2 Å². The fourth-order valence-corrected chi connectivity index (χ4v) is 2.74. The van der Waals surface area contributed by atoms with Crippen LogP contribution in [-0.4, -0.2) is 42.1 Å². The van der Waals surface area contributed by atoms with Crippen LogP contribution in [0.1, 0.15) is 24.8 Å². The van der Waals surface area contributed by atoms with E-state index in [1.54, 1.807) is 0 Å². The van der Waals surface area contributed by atoms with Crippen LogP contribution in [-0.2, 0) is 6.42 Å². The summed E-state index contributed by atoms with van der Waals surface area (Å²) in [4.78, 5) is 6.78. The van der Waals surface area contributed by atoms with E-state index < -0.39 is 0 Å². The van der Waals surface area contributed by atoms with E-state index in [0.29, 0.717) is 0 Å². The van der Waals surface area contributed by atoms with Gasteiger partial charge in [-0.3, -0.25) is 4.98 Å². The highest BCUT2D eigenvalue weighted by Gasteiger charge is 2.25. The van der Waals surface area contributed by atoms with Crippen LogP contribution in [0.2, 0.25) is 0 Å². The first kappa shape index (κ1) is 12.1. The topological polar surface area (TPSA) is 28.2 Å². The second-order valence-electron chi connectivity index (χ2n) is 5.75. The molecule has 98 valence electrons. The van der Waals surface area contributed by atoms with Gasteiger partial charge in [0.05, 0.1) is 0 Å². The average molecular weight is 245 g/mol. The molecular weight excluding hydrogens is 222 g/mol. The van der Waals surface area contributed by atoms with Gasteiger partial charge in [0.2, 0.25) is 0 Å². The van der Waals surface area contributed by atoms with Gasteiger partial charge in [0.25, 0.3) is 0 Å². The standard InChI is InChI=1S/C15H23N3/c1-2-13(10-16-7-1)5-8-18-9-6-14(12-18)11-17-15-3-4-15/h1-2,7,10,14-15,17H,3-6,8-9,11-12H2. The van der Waals surface area contributed by atoms with Crippen molar-refractivity contribution in [2.24, 2.45) is 5.92 Å². The van der Waals surface area contributed by atoms with E-state index >= 15 is 0 Å². The maximum atomic E-state index is 4.17. The molecular formula is C15H23N3. The van der Waals surface area contributed by atoms with E-state index in [1.807, 2.05) is 18.5 Å². The largest absolute Gasteiger partial charge is 0.314 e. The maximum absolute atomic E-state index is 4.17. The molecule has 2 aliphatic rings. The van der Waals surface area contributed by atoms with Crippen LogP contribution in [0.3, 0.4) is 0 Å². The molecule has 1 aromatic rings. The summed E-state index contributed by atoms with van der Waals surface area (Å²) in [5, 5.41) is 3.66. The van der Waals surface area contributed by atoms with Gasteiger partial charge in [-0.1, -0.05) is 6.07 Å². The maximum Gasteiger partial charge on any atom is 0.0300 e. The molecule has 1 saturated heterocycles. The highest BCUT2D eigenvalue weighted by Crippen LogP contribution is 2.21.